The molecule has 4 N–H and O–H groups in total. The first-order valence-corrected chi connectivity index (χ1v) is 10.1. The molecule has 3 aromatic rings. The number of fused-ring (bicyclic) bond motifs is 1. The number of carbonyl (C=O) groups excluding carboxylic acids is 1. The summed E-state index contributed by atoms with van der Waals surface area (Å²) >= 11 is 0. The van der Waals surface area contributed by atoms with Crippen LogP contribution in [0, 0.1) is 6.92 Å². The zero-order chi connectivity index (χ0) is 22.1. The highest BCUT2D eigenvalue weighted by atomic mass is 16.2. The van der Waals surface area contributed by atoms with Crippen LogP contribution in [0.2, 0.25) is 0 Å². The number of nitrogens with one attached hydrogen (secondary N) is 4. The van der Waals surface area contributed by atoms with Crippen LogP contribution in [0.4, 0.5) is 16.4 Å². The smallest absolute Gasteiger partial charge is 0.328 e. The van der Waals surface area contributed by atoms with Gasteiger partial charge in [-0.3, -0.25) is 14.8 Å². The Morgan fingerprint density at radius 3 is 2.55 bits per heavy atom. The fraction of sp³-hybridized carbons (Fsp3) is 0.474. The van der Waals surface area contributed by atoms with Gasteiger partial charge in [0.2, 0.25) is 0 Å². The third-order valence-corrected chi connectivity index (χ3v) is 5.35. The highest BCUT2D eigenvalue weighted by Crippen LogP contribution is 2.23. The van der Waals surface area contributed by atoms with Gasteiger partial charge >= 0.3 is 11.7 Å². The molecule has 0 saturated heterocycles. The summed E-state index contributed by atoms with van der Waals surface area (Å²) in [6.07, 6.45) is 4.55. The van der Waals surface area contributed by atoms with Crippen LogP contribution in [-0.2, 0) is 0 Å². The van der Waals surface area contributed by atoms with Gasteiger partial charge in [0, 0.05) is 32.2 Å². The number of hydrogen-bond donors (Lipinski definition) is 4. The van der Waals surface area contributed by atoms with Crippen molar-refractivity contribution in [1.82, 2.24) is 34.8 Å². The first-order chi connectivity index (χ1) is 14.8. The van der Waals surface area contributed by atoms with E-state index in [4.69, 9.17) is 0 Å². The van der Waals surface area contributed by atoms with Gasteiger partial charge in [-0.25, -0.2) is 29.1 Å². The van der Waals surface area contributed by atoms with E-state index >= 15 is 0 Å². The normalized spacial score (nSPS) is 18.7. The van der Waals surface area contributed by atoms with Gasteiger partial charge in [0.15, 0.2) is 11.2 Å². The molecular formula is C19H25N9O3. The SMILES string of the molecule is Cc1nc(NC2CCC(NC(=O)n3cnc4c(=O)[nH]c(=O)[nH]c43)CC2)cc(N(C)C)n1. The first kappa shape index (κ1) is 20.6. The fourth-order valence-electron chi connectivity index (χ4n) is 3.78. The zero-order valence-corrected chi connectivity index (χ0v) is 17.6. The number of amides is 1. The summed E-state index contributed by atoms with van der Waals surface area (Å²) in [4.78, 5) is 55.3. The van der Waals surface area contributed by atoms with Crippen LogP contribution in [-0.4, -0.2) is 61.7 Å². The van der Waals surface area contributed by atoms with E-state index in [-0.39, 0.29) is 23.2 Å². The molecule has 1 aliphatic carbocycles. The highest BCUT2D eigenvalue weighted by molar-refractivity contribution is 5.86. The molecule has 3 heterocycles. The molecule has 1 fully saturated rings. The van der Waals surface area contributed by atoms with E-state index in [0.29, 0.717) is 5.82 Å². The van der Waals surface area contributed by atoms with Crippen molar-refractivity contribution in [2.75, 3.05) is 24.3 Å². The molecule has 4 rings (SSSR count). The second-order valence-corrected chi connectivity index (χ2v) is 7.92. The number of H-pyrrole nitrogens is 2. The molecule has 0 spiro atoms. The van der Waals surface area contributed by atoms with Gasteiger partial charge in [0.05, 0.1) is 0 Å². The Kier molecular flexibility index (Phi) is 5.44. The molecule has 0 radical (unpaired) electrons. The average Bonchev–Trinajstić information content (AvgIpc) is 3.13. The number of imidazole rings is 1. The lowest BCUT2D eigenvalue weighted by molar-refractivity contribution is 0.234. The predicted octanol–water partition coefficient (Wildman–Crippen LogP) is 0.558. The Balaban J connectivity index is 1.37. The number of aryl methyl sites for hydroxylation is 1. The monoisotopic (exact) mass is 427 g/mol. The maximum absolute atomic E-state index is 12.7. The molecule has 0 aliphatic heterocycles. The summed E-state index contributed by atoms with van der Waals surface area (Å²) in [5, 5.41) is 6.43. The number of aromatic nitrogens is 6. The standard InChI is InChI=1S/C19H25N9O3/c1-10-21-13(8-14(22-10)27(2)3)23-11-4-6-12(7-5-11)24-19(31)28-9-20-15-16(28)25-18(30)26-17(15)29/h8-9,11-12H,4-7H2,1-3H3,(H,24,31)(H,21,22,23)(H2,25,26,29,30). The van der Waals surface area contributed by atoms with E-state index in [1.807, 2.05) is 32.0 Å². The summed E-state index contributed by atoms with van der Waals surface area (Å²) < 4.78 is 1.16. The Bertz CT molecular complexity index is 1220. The van der Waals surface area contributed by atoms with Crippen molar-refractivity contribution in [1.29, 1.82) is 0 Å². The Morgan fingerprint density at radius 1 is 1.13 bits per heavy atom. The molecule has 0 unspecified atom stereocenters. The van der Waals surface area contributed by atoms with Crippen LogP contribution < -0.4 is 26.8 Å². The van der Waals surface area contributed by atoms with Crippen molar-refractivity contribution in [2.45, 2.75) is 44.7 Å². The molecule has 12 heteroatoms. The van der Waals surface area contributed by atoms with Gasteiger partial charge in [0.1, 0.15) is 23.8 Å². The summed E-state index contributed by atoms with van der Waals surface area (Å²) in [7, 11) is 3.88. The maximum atomic E-state index is 12.7. The van der Waals surface area contributed by atoms with Crippen molar-refractivity contribution in [3.05, 3.63) is 39.1 Å². The van der Waals surface area contributed by atoms with Crippen molar-refractivity contribution >= 4 is 28.8 Å². The van der Waals surface area contributed by atoms with Crippen molar-refractivity contribution in [3.63, 3.8) is 0 Å². The van der Waals surface area contributed by atoms with E-state index in [1.165, 1.54) is 6.33 Å². The summed E-state index contributed by atoms with van der Waals surface area (Å²) in [5.74, 6) is 2.35. The van der Waals surface area contributed by atoms with Crippen molar-refractivity contribution in [2.24, 2.45) is 0 Å². The van der Waals surface area contributed by atoms with Crippen molar-refractivity contribution in [3.8, 4) is 0 Å². The van der Waals surface area contributed by atoms with Gasteiger partial charge in [-0.15, -0.1) is 0 Å². The van der Waals surface area contributed by atoms with E-state index in [0.717, 1.165) is 41.9 Å². The molecule has 0 atom stereocenters. The predicted molar refractivity (Wildman–Crippen MR) is 116 cm³/mol. The first-order valence-electron chi connectivity index (χ1n) is 10.1. The van der Waals surface area contributed by atoms with Crippen molar-refractivity contribution < 1.29 is 4.79 Å². The Hall–Kier alpha value is -3.70. The van der Waals surface area contributed by atoms with Gasteiger partial charge in [-0.1, -0.05) is 0 Å². The molecular weight excluding hydrogens is 402 g/mol. The highest BCUT2D eigenvalue weighted by Gasteiger charge is 2.24. The van der Waals surface area contributed by atoms with E-state index < -0.39 is 17.3 Å². The Morgan fingerprint density at radius 2 is 1.84 bits per heavy atom. The molecule has 164 valence electrons. The second-order valence-electron chi connectivity index (χ2n) is 7.92. The molecule has 0 bridgehead atoms. The quantitative estimate of drug-likeness (QED) is 0.471. The minimum atomic E-state index is -0.684. The third kappa shape index (κ3) is 4.42. The van der Waals surface area contributed by atoms with Crippen LogP contribution >= 0.6 is 0 Å². The largest absolute Gasteiger partial charge is 0.367 e. The number of carbonyl (C=O) groups is 1. The molecule has 31 heavy (non-hydrogen) atoms. The van der Waals surface area contributed by atoms with Crippen LogP contribution in [0.25, 0.3) is 11.2 Å². The molecule has 3 aromatic heterocycles. The minimum Gasteiger partial charge on any atom is -0.367 e. The summed E-state index contributed by atoms with van der Waals surface area (Å²) in [5.41, 5.74) is -1.22. The number of hydrogen-bond acceptors (Lipinski definition) is 8. The Labute approximate surface area is 177 Å². The van der Waals surface area contributed by atoms with Gasteiger partial charge in [-0.05, 0) is 32.6 Å². The van der Waals surface area contributed by atoms with E-state index in [2.05, 4.69) is 35.6 Å². The number of anilines is 2. The number of aromatic amines is 2. The third-order valence-electron chi connectivity index (χ3n) is 5.35. The lowest BCUT2D eigenvalue weighted by Gasteiger charge is -2.30. The van der Waals surface area contributed by atoms with Gasteiger partial charge in [0.25, 0.3) is 5.56 Å². The molecule has 1 saturated carbocycles. The minimum absolute atomic E-state index is 0.0128. The van der Waals surface area contributed by atoms with E-state index in [1.54, 1.807) is 0 Å². The second kappa shape index (κ2) is 8.20. The molecule has 12 nitrogen and oxygen atoms in total. The van der Waals surface area contributed by atoms with Crippen LogP contribution in [0.3, 0.4) is 0 Å². The molecule has 1 aliphatic rings. The lowest BCUT2D eigenvalue weighted by atomic mass is 9.91. The maximum Gasteiger partial charge on any atom is 0.328 e. The molecule has 0 aromatic carbocycles. The van der Waals surface area contributed by atoms with E-state index in [9.17, 15) is 14.4 Å². The van der Waals surface area contributed by atoms with Gasteiger partial charge in [-0.2, -0.15) is 0 Å². The van der Waals surface area contributed by atoms with Crippen LogP contribution in [0.1, 0.15) is 31.5 Å². The topological polar surface area (TPSA) is 154 Å². The number of nitrogens with zero attached hydrogens (tertiary/aromatic N) is 5. The average molecular weight is 427 g/mol. The van der Waals surface area contributed by atoms with Gasteiger partial charge < -0.3 is 15.5 Å². The summed E-state index contributed by atoms with van der Waals surface area (Å²) in [6, 6.07) is 1.73. The van der Waals surface area contributed by atoms with Crippen LogP contribution in [0.5, 0.6) is 0 Å². The van der Waals surface area contributed by atoms with Crippen LogP contribution in [0.15, 0.2) is 22.0 Å². The fourth-order valence-corrected chi connectivity index (χ4v) is 3.78. The number of rotatable bonds is 4. The molecule has 1 amide bonds. The lowest BCUT2D eigenvalue weighted by Crippen LogP contribution is -2.42. The zero-order valence-electron chi connectivity index (χ0n) is 17.6. The summed E-state index contributed by atoms with van der Waals surface area (Å²) in [6.45, 7) is 1.87.